The molecule has 0 saturated carbocycles. The molecule has 90 valence electrons. The summed E-state index contributed by atoms with van der Waals surface area (Å²) in [6, 6.07) is 2.80. The first-order valence-electron chi connectivity index (χ1n) is 4.80. The molecule has 1 aliphatic rings. The zero-order chi connectivity index (χ0) is 12.5. The molecule has 0 bridgehead atoms. The second kappa shape index (κ2) is 4.58. The van der Waals surface area contributed by atoms with Crippen LogP contribution in [-0.4, -0.2) is 31.1 Å². The topological polar surface area (TPSA) is 76.1 Å². The van der Waals surface area contributed by atoms with Gasteiger partial charge in [-0.1, -0.05) is 0 Å². The van der Waals surface area contributed by atoms with Crippen LogP contribution in [0, 0.1) is 0 Å². The Balaban J connectivity index is 2.04. The standard InChI is InChI=1S/C10H9BrN2O3S/c11-9-2-1-7(5-12-9)10(14)13-8-3-4-17(15,16)6-8/h1-5,8H,6H2,(H,13,14). The minimum absolute atomic E-state index is 0.0807. The molecule has 1 unspecified atom stereocenters. The maximum absolute atomic E-state index is 11.7. The Morgan fingerprint density at radius 1 is 1.47 bits per heavy atom. The van der Waals surface area contributed by atoms with Gasteiger partial charge in [0, 0.05) is 11.6 Å². The van der Waals surface area contributed by atoms with Gasteiger partial charge in [-0.05, 0) is 34.1 Å². The molecular weight excluding hydrogens is 308 g/mol. The molecule has 1 aromatic heterocycles. The quantitative estimate of drug-likeness (QED) is 0.822. The molecule has 1 amide bonds. The maximum atomic E-state index is 11.7. The van der Waals surface area contributed by atoms with E-state index in [0.29, 0.717) is 10.2 Å². The van der Waals surface area contributed by atoms with Crippen LogP contribution in [0.15, 0.2) is 34.4 Å². The van der Waals surface area contributed by atoms with Gasteiger partial charge in [0.2, 0.25) is 0 Å². The van der Waals surface area contributed by atoms with E-state index in [4.69, 9.17) is 0 Å². The normalized spacial score (nSPS) is 21.4. The van der Waals surface area contributed by atoms with E-state index in [1.165, 1.54) is 12.3 Å². The first-order chi connectivity index (χ1) is 7.96. The predicted octanol–water partition coefficient (Wildman–Crippen LogP) is 0.885. The zero-order valence-corrected chi connectivity index (χ0v) is 11.0. The molecule has 1 aromatic rings. The smallest absolute Gasteiger partial charge is 0.253 e. The summed E-state index contributed by atoms with van der Waals surface area (Å²) in [7, 11) is -3.15. The minimum atomic E-state index is -3.15. The van der Waals surface area contributed by atoms with E-state index in [-0.39, 0.29) is 11.7 Å². The molecular formula is C10H9BrN2O3S. The van der Waals surface area contributed by atoms with E-state index in [0.717, 1.165) is 5.41 Å². The van der Waals surface area contributed by atoms with Crippen molar-refractivity contribution in [1.29, 1.82) is 0 Å². The van der Waals surface area contributed by atoms with Gasteiger partial charge in [-0.3, -0.25) is 4.79 Å². The molecule has 1 aliphatic heterocycles. The summed E-state index contributed by atoms with van der Waals surface area (Å²) in [5.41, 5.74) is 0.394. The highest BCUT2D eigenvalue weighted by Crippen LogP contribution is 2.10. The minimum Gasteiger partial charge on any atom is -0.345 e. The molecule has 17 heavy (non-hydrogen) atoms. The van der Waals surface area contributed by atoms with Crippen molar-refractivity contribution in [2.24, 2.45) is 0 Å². The summed E-state index contributed by atoms with van der Waals surface area (Å²) >= 11 is 3.16. The molecule has 2 rings (SSSR count). The van der Waals surface area contributed by atoms with Crippen LogP contribution in [0.25, 0.3) is 0 Å². The van der Waals surface area contributed by atoms with Gasteiger partial charge in [-0.2, -0.15) is 0 Å². The number of pyridine rings is 1. The maximum Gasteiger partial charge on any atom is 0.253 e. The first kappa shape index (κ1) is 12.3. The number of aromatic nitrogens is 1. The Bertz CT molecular complexity index is 566. The number of carbonyl (C=O) groups excluding carboxylic acids is 1. The average Bonchev–Trinajstić information content (AvgIpc) is 2.59. The molecule has 0 radical (unpaired) electrons. The number of rotatable bonds is 2. The highest BCUT2D eigenvalue weighted by Gasteiger charge is 2.23. The van der Waals surface area contributed by atoms with E-state index in [1.807, 2.05) is 0 Å². The van der Waals surface area contributed by atoms with Crippen LogP contribution in [0.2, 0.25) is 0 Å². The lowest BCUT2D eigenvalue weighted by molar-refractivity contribution is 0.0947. The third-order valence-electron chi connectivity index (χ3n) is 2.24. The van der Waals surface area contributed by atoms with Crippen molar-refractivity contribution in [3.05, 3.63) is 40.0 Å². The number of nitrogens with zero attached hydrogens (tertiary/aromatic N) is 1. The van der Waals surface area contributed by atoms with E-state index < -0.39 is 15.9 Å². The fourth-order valence-electron chi connectivity index (χ4n) is 1.43. The average molecular weight is 317 g/mol. The van der Waals surface area contributed by atoms with Crippen molar-refractivity contribution in [3.8, 4) is 0 Å². The fourth-order valence-corrected chi connectivity index (χ4v) is 2.90. The van der Waals surface area contributed by atoms with Crippen LogP contribution in [0.4, 0.5) is 0 Å². The van der Waals surface area contributed by atoms with Crippen LogP contribution in [0.3, 0.4) is 0 Å². The number of amides is 1. The summed E-state index contributed by atoms with van der Waals surface area (Å²) in [5.74, 6) is -0.417. The van der Waals surface area contributed by atoms with Gasteiger partial charge >= 0.3 is 0 Å². The highest BCUT2D eigenvalue weighted by molar-refractivity contribution is 9.10. The SMILES string of the molecule is O=C(NC1C=CS(=O)(=O)C1)c1ccc(Br)nc1. The largest absolute Gasteiger partial charge is 0.345 e. The molecule has 5 nitrogen and oxygen atoms in total. The summed E-state index contributed by atoms with van der Waals surface area (Å²) < 4.78 is 22.9. The molecule has 0 spiro atoms. The Labute approximate surface area is 107 Å². The summed E-state index contributed by atoms with van der Waals surface area (Å²) in [5, 5.41) is 3.73. The number of halogens is 1. The number of sulfone groups is 1. The van der Waals surface area contributed by atoms with Gasteiger partial charge in [0.05, 0.1) is 17.4 Å². The first-order valence-corrected chi connectivity index (χ1v) is 7.30. The van der Waals surface area contributed by atoms with Crippen LogP contribution in [-0.2, 0) is 9.84 Å². The van der Waals surface area contributed by atoms with Crippen LogP contribution in [0.1, 0.15) is 10.4 Å². The number of nitrogens with one attached hydrogen (secondary N) is 1. The number of hydrogen-bond acceptors (Lipinski definition) is 4. The predicted molar refractivity (Wildman–Crippen MR) is 66.1 cm³/mol. The molecule has 0 fully saturated rings. The van der Waals surface area contributed by atoms with E-state index in [2.05, 4.69) is 26.2 Å². The lowest BCUT2D eigenvalue weighted by Crippen LogP contribution is -2.35. The second-order valence-electron chi connectivity index (χ2n) is 3.61. The molecule has 1 atom stereocenters. The van der Waals surface area contributed by atoms with E-state index >= 15 is 0 Å². The lowest BCUT2D eigenvalue weighted by atomic mass is 10.2. The summed E-state index contributed by atoms with van der Waals surface area (Å²) in [6.07, 6.45) is 2.89. The Hall–Kier alpha value is -1.21. The van der Waals surface area contributed by atoms with Gasteiger partial charge in [0.15, 0.2) is 9.84 Å². The third-order valence-corrected chi connectivity index (χ3v) is 4.10. The molecule has 0 aliphatic carbocycles. The zero-order valence-electron chi connectivity index (χ0n) is 8.63. The molecule has 1 N–H and O–H groups in total. The van der Waals surface area contributed by atoms with Gasteiger partial charge < -0.3 is 5.32 Å². The summed E-state index contributed by atoms with van der Waals surface area (Å²) in [6.45, 7) is 0. The van der Waals surface area contributed by atoms with Crippen LogP contribution in [0.5, 0.6) is 0 Å². The van der Waals surface area contributed by atoms with Crippen LogP contribution >= 0.6 is 15.9 Å². The number of carbonyl (C=O) groups is 1. The molecule has 2 heterocycles. The van der Waals surface area contributed by atoms with E-state index in [1.54, 1.807) is 12.1 Å². The van der Waals surface area contributed by atoms with Crippen molar-refractivity contribution in [2.75, 3.05) is 5.75 Å². The Kier molecular flexibility index (Phi) is 3.30. The van der Waals surface area contributed by atoms with Gasteiger partial charge in [-0.25, -0.2) is 13.4 Å². The highest BCUT2D eigenvalue weighted by atomic mass is 79.9. The third kappa shape index (κ3) is 3.13. The van der Waals surface area contributed by atoms with Gasteiger partial charge in [-0.15, -0.1) is 0 Å². The number of hydrogen-bond donors (Lipinski definition) is 1. The fraction of sp³-hybridized carbons (Fsp3) is 0.200. The lowest BCUT2D eigenvalue weighted by Gasteiger charge is -2.09. The van der Waals surface area contributed by atoms with Crippen molar-refractivity contribution in [1.82, 2.24) is 10.3 Å². The van der Waals surface area contributed by atoms with Crippen molar-refractivity contribution in [3.63, 3.8) is 0 Å². The van der Waals surface area contributed by atoms with Crippen molar-refractivity contribution in [2.45, 2.75) is 6.04 Å². The Morgan fingerprint density at radius 2 is 2.24 bits per heavy atom. The summed E-state index contributed by atoms with van der Waals surface area (Å²) in [4.78, 5) is 15.7. The van der Waals surface area contributed by atoms with Crippen LogP contribution < -0.4 is 5.32 Å². The van der Waals surface area contributed by atoms with Crippen molar-refractivity contribution >= 4 is 31.7 Å². The molecule has 0 aromatic carbocycles. The molecule has 7 heteroatoms. The monoisotopic (exact) mass is 316 g/mol. The molecule has 0 saturated heterocycles. The second-order valence-corrected chi connectivity index (χ2v) is 6.35. The van der Waals surface area contributed by atoms with Gasteiger partial charge in [0.1, 0.15) is 4.60 Å². The van der Waals surface area contributed by atoms with Crippen molar-refractivity contribution < 1.29 is 13.2 Å². The van der Waals surface area contributed by atoms with Gasteiger partial charge in [0.25, 0.3) is 5.91 Å². The Morgan fingerprint density at radius 3 is 2.76 bits per heavy atom. The van der Waals surface area contributed by atoms with E-state index in [9.17, 15) is 13.2 Å².